The molecule has 4 nitrogen and oxygen atoms in total. The molecule has 0 spiro atoms. The second kappa shape index (κ2) is 6.99. The van der Waals surface area contributed by atoms with E-state index in [-0.39, 0.29) is 32.0 Å². The van der Waals surface area contributed by atoms with Gasteiger partial charge in [0.05, 0.1) is 0 Å². The Morgan fingerprint density at radius 3 is 2.30 bits per heavy atom. The van der Waals surface area contributed by atoms with Crippen molar-refractivity contribution in [2.45, 2.75) is 39.8 Å². The van der Waals surface area contributed by atoms with Crippen LogP contribution >= 0.6 is 0 Å². The molecule has 2 N–H and O–H groups in total. The third kappa shape index (κ3) is 3.33. The van der Waals surface area contributed by atoms with Gasteiger partial charge in [0, 0.05) is 0 Å². The summed E-state index contributed by atoms with van der Waals surface area (Å²) >= 11 is 0.156. The Morgan fingerprint density at radius 1 is 0.852 bits per heavy atom. The predicted molar refractivity (Wildman–Crippen MR) is 117 cm³/mol. The van der Waals surface area contributed by atoms with E-state index in [0.29, 0.717) is 0 Å². The summed E-state index contributed by atoms with van der Waals surface area (Å²) in [6.45, 7) is 8.40. The van der Waals surface area contributed by atoms with Crippen molar-refractivity contribution in [1.82, 2.24) is 4.98 Å². The summed E-state index contributed by atoms with van der Waals surface area (Å²) in [5.74, 6) is 0. The average molecular weight is 424 g/mol. The van der Waals surface area contributed by atoms with Gasteiger partial charge in [-0.2, -0.15) is 0 Å². The first-order chi connectivity index (χ1) is 12.9. The van der Waals surface area contributed by atoms with Crippen LogP contribution in [0.1, 0.15) is 27.7 Å². The molecule has 0 aliphatic carbocycles. The van der Waals surface area contributed by atoms with E-state index in [1.807, 2.05) is 12.1 Å². The van der Waals surface area contributed by atoms with Crippen LogP contribution in [-0.2, 0) is 0 Å². The van der Waals surface area contributed by atoms with E-state index in [1.54, 1.807) is 6.07 Å². The van der Waals surface area contributed by atoms with Crippen LogP contribution < -0.4 is 16.1 Å². The standard InChI is InChI=1S/C22H23N3OSe/c1-12(2)23-15-9-10-17(26)20-16(24-13(3)4)11-19-22(21(15)20)25-14-7-5-6-8-18(14)27-19/h5-13,23-24H,1-4H3. The number of nitrogens with zero attached hydrogens (tertiary/aromatic N) is 1. The molecular weight excluding hydrogens is 401 g/mol. The maximum atomic E-state index is 12.8. The van der Waals surface area contributed by atoms with E-state index >= 15 is 0 Å². The van der Waals surface area contributed by atoms with Crippen molar-refractivity contribution in [2.24, 2.45) is 0 Å². The van der Waals surface area contributed by atoms with Gasteiger partial charge in [-0.3, -0.25) is 0 Å². The Labute approximate surface area is 164 Å². The maximum absolute atomic E-state index is 12.8. The van der Waals surface area contributed by atoms with Crippen LogP contribution in [0, 0.1) is 0 Å². The molecule has 1 heterocycles. The molecule has 0 bridgehead atoms. The van der Waals surface area contributed by atoms with Gasteiger partial charge in [0.15, 0.2) is 0 Å². The molecule has 27 heavy (non-hydrogen) atoms. The fourth-order valence-corrected chi connectivity index (χ4v) is 5.56. The van der Waals surface area contributed by atoms with E-state index in [2.05, 4.69) is 62.6 Å². The molecule has 0 saturated heterocycles. The zero-order chi connectivity index (χ0) is 19.1. The Balaban J connectivity index is 2.20. The number of hydrogen-bond acceptors (Lipinski definition) is 4. The van der Waals surface area contributed by atoms with Crippen molar-refractivity contribution in [1.29, 1.82) is 0 Å². The molecule has 0 saturated carbocycles. The zero-order valence-electron chi connectivity index (χ0n) is 16.0. The Morgan fingerprint density at radius 2 is 1.56 bits per heavy atom. The number of anilines is 2. The van der Waals surface area contributed by atoms with Crippen molar-refractivity contribution in [3.05, 3.63) is 52.7 Å². The SMILES string of the molecule is CC(C)Nc1cc2[se]c3ccccc3nc2c2c(NC(C)C)ccc(=O)c12. The normalized spacial score (nSPS) is 11.8. The molecule has 1 aromatic heterocycles. The molecule has 5 heteroatoms. The van der Waals surface area contributed by atoms with Crippen molar-refractivity contribution in [2.75, 3.05) is 10.6 Å². The fraction of sp³-hybridized carbons (Fsp3) is 0.273. The van der Waals surface area contributed by atoms with Crippen molar-refractivity contribution < 1.29 is 0 Å². The fourth-order valence-electron chi connectivity index (χ4n) is 3.41. The molecule has 0 amide bonds. The van der Waals surface area contributed by atoms with Crippen LogP contribution in [-0.4, -0.2) is 31.6 Å². The number of aromatic nitrogens is 1. The number of nitrogens with one attached hydrogen (secondary N) is 2. The van der Waals surface area contributed by atoms with Gasteiger partial charge in [-0.25, -0.2) is 0 Å². The number of fused-ring (bicyclic) bond motifs is 4. The van der Waals surface area contributed by atoms with Crippen molar-refractivity contribution >= 4 is 56.2 Å². The number of benzene rings is 3. The van der Waals surface area contributed by atoms with Gasteiger partial charge >= 0.3 is 164 Å². The molecule has 0 atom stereocenters. The monoisotopic (exact) mass is 425 g/mol. The second-order valence-electron chi connectivity index (χ2n) is 7.41. The summed E-state index contributed by atoms with van der Waals surface area (Å²) in [5.41, 5.74) is 3.88. The quantitative estimate of drug-likeness (QED) is 0.286. The summed E-state index contributed by atoms with van der Waals surface area (Å²) in [5, 5.41) is 8.66. The van der Waals surface area contributed by atoms with Crippen LogP contribution in [0.4, 0.5) is 11.4 Å². The van der Waals surface area contributed by atoms with Gasteiger partial charge in [-0.1, -0.05) is 0 Å². The van der Waals surface area contributed by atoms with Crippen LogP contribution in [0.25, 0.3) is 30.3 Å². The topological polar surface area (TPSA) is 54.0 Å². The minimum atomic E-state index is 0.0341. The van der Waals surface area contributed by atoms with Gasteiger partial charge in [0.1, 0.15) is 0 Å². The first-order valence-corrected chi connectivity index (χ1v) is 11.0. The van der Waals surface area contributed by atoms with E-state index in [1.165, 1.54) is 8.52 Å². The summed E-state index contributed by atoms with van der Waals surface area (Å²) in [4.78, 5) is 17.8. The van der Waals surface area contributed by atoms with Gasteiger partial charge in [-0.05, 0) is 0 Å². The van der Waals surface area contributed by atoms with Crippen molar-refractivity contribution in [3.8, 4) is 0 Å². The number of rotatable bonds is 4. The number of para-hydroxylation sites is 1. The van der Waals surface area contributed by atoms with Crippen LogP contribution in [0.3, 0.4) is 0 Å². The molecular formula is C22H23N3OSe. The molecule has 0 radical (unpaired) electrons. The number of hydrogen-bond donors (Lipinski definition) is 2. The van der Waals surface area contributed by atoms with Crippen LogP contribution in [0.5, 0.6) is 0 Å². The Hall–Kier alpha value is -2.36. The molecule has 0 fully saturated rings. The van der Waals surface area contributed by atoms with E-state index in [4.69, 9.17) is 4.98 Å². The van der Waals surface area contributed by atoms with E-state index in [9.17, 15) is 4.79 Å². The summed E-state index contributed by atoms with van der Waals surface area (Å²) < 4.78 is 2.50. The van der Waals surface area contributed by atoms with E-state index < -0.39 is 0 Å². The van der Waals surface area contributed by atoms with Gasteiger partial charge in [0.2, 0.25) is 0 Å². The minimum absolute atomic E-state index is 0.0341. The van der Waals surface area contributed by atoms with Crippen LogP contribution in [0.15, 0.2) is 47.3 Å². The van der Waals surface area contributed by atoms with Gasteiger partial charge in [-0.15, -0.1) is 0 Å². The molecule has 0 aliphatic rings. The van der Waals surface area contributed by atoms with Gasteiger partial charge in [0.25, 0.3) is 0 Å². The van der Waals surface area contributed by atoms with Crippen molar-refractivity contribution in [3.63, 3.8) is 0 Å². The van der Waals surface area contributed by atoms with Gasteiger partial charge < -0.3 is 0 Å². The Kier molecular flexibility index (Phi) is 4.66. The molecule has 0 unspecified atom stereocenters. The first-order valence-electron chi connectivity index (χ1n) is 9.26. The molecule has 4 aromatic rings. The zero-order valence-corrected chi connectivity index (χ0v) is 17.7. The Bertz CT molecular complexity index is 1210. The summed E-state index contributed by atoms with van der Waals surface area (Å²) in [6.07, 6.45) is 0. The molecule has 0 aliphatic heterocycles. The first kappa shape index (κ1) is 18.0. The third-order valence-corrected chi connectivity index (χ3v) is 6.69. The predicted octanol–water partition coefficient (Wildman–Crippen LogP) is 4.60. The summed E-state index contributed by atoms with van der Waals surface area (Å²) in [6, 6.07) is 14.5. The third-order valence-electron chi connectivity index (χ3n) is 4.39. The molecule has 4 rings (SSSR count). The molecule has 138 valence electrons. The molecule has 3 aromatic carbocycles. The average Bonchev–Trinajstić information content (AvgIpc) is 2.61. The second-order valence-corrected chi connectivity index (χ2v) is 9.69. The van der Waals surface area contributed by atoms with E-state index in [0.717, 1.165) is 33.2 Å². The van der Waals surface area contributed by atoms with Crippen LogP contribution in [0.2, 0.25) is 0 Å². The summed E-state index contributed by atoms with van der Waals surface area (Å²) in [7, 11) is 0.